The van der Waals surface area contributed by atoms with Crippen molar-refractivity contribution in [3.8, 4) is 11.5 Å². The topological polar surface area (TPSA) is 59.9 Å². The van der Waals surface area contributed by atoms with E-state index in [4.69, 9.17) is 9.47 Å². The van der Waals surface area contributed by atoms with Crippen LogP contribution < -0.4 is 14.8 Å². The number of hydrogen-bond donors (Lipinski definition) is 1. The maximum atomic E-state index is 13.8. The van der Waals surface area contributed by atoms with E-state index in [9.17, 15) is 9.18 Å². The highest BCUT2D eigenvalue weighted by Crippen LogP contribution is 2.29. The van der Waals surface area contributed by atoms with Gasteiger partial charge in [0.1, 0.15) is 17.3 Å². The van der Waals surface area contributed by atoms with Crippen LogP contribution in [0.25, 0.3) is 6.08 Å². The van der Waals surface area contributed by atoms with Gasteiger partial charge >= 0.3 is 0 Å². The molecule has 1 heterocycles. The average Bonchev–Trinajstić information content (AvgIpc) is 2.95. The lowest BCUT2D eigenvalue weighted by atomic mass is 10.1. The summed E-state index contributed by atoms with van der Waals surface area (Å²) in [6.45, 7) is 0. The lowest BCUT2D eigenvalue weighted by molar-refractivity contribution is -0.115. The molecule has 0 atom stereocenters. The van der Waals surface area contributed by atoms with E-state index in [1.165, 1.54) is 13.2 Å². The molecule has 1 aliphatic rings. The molecule has 6 heteroatoms. The fraction of sp³-hybridized carbons (Fsp3) is 0.111. The van der Waals surface area contributed by atoms with Gasteiger partial charge in [0.2, 0.25) is 0 Å². The first-order valence-electron chi connectivity index (χ1n) is 7.21. The van der Waals surface area contributed by atoms with Crippen LogP contribution in [0.15, 0.2) is 53.2 Å². The molecule has 122 valence electrons. The number of nitrogens with one attached hydrogen (secondary N) is 1. The van der Waals surface area contributed by atoms with Gasteiger partial charge in [0, 0.05) is 0 Å². The zero-order chi connectivity index (χ0) is 17.1. The Morgan fingerprint density at radius 2 is 1.83 bits per heavy atom. The lowest BCUT2D eigenvalue weighted by Gasteiger charge is -2.07. The predicted molar refractivity (Wildman–Crippen MR) is 88.6 cm³/mol. The summed E-state index contributed by atoms with van der Waals surface area (Å²) < 4.78 is 24.2. The summed E-state index contributed by atoms with van der Waals surface area (Å²) in [7, 11) is 3.08. The monoisotopic (exact) mass is 326 g/mol. The first-order valence-corrected chi connectivity index (χ1v) is 7.21. The molecule has 0 saturated heterocycles. The van der Waals surface area contributed by atoms with Crippen molar-refractivity contribution in [2.75, 3.05) is 14.2 Å². The Labute approximate surface area is 138 Å². The first-order chi connectivity index (χ1) is 11.6. The zero-order valence-electron chi connectivity index (χ0n) is 13.2. The van der Waals surface area contributed by atoms with Gasteiger partial charge in [-0.2, -0.15) is 0 Å². The van der Waals surface area contributed by atoms with Crippen LogP contribution in [-0.4, -0.2) is 26.0 Å². The van der Waals surface area contributed by atoms with E-state index < -0.39 is 5.82 Å². The Morgan fingerprint density at radius 1 is 1.08 bits per heavy atom. The smallest absolute Gasteiger partial charge is 0.275 e. The van der Waals surface area contributed by atoms with Gasteiger partial charge in [-0.25, -0.2) is 9.38 Å². The minimum Gasteiger partial charge on any atom is -0.493 e. The van der Waals surface area contributed by atoms with E-state index in [1.807, 2.05) is 0 Å². The van der Waals surface area contributed by atoms with E-state index in [0.29, 0.717) is 11.5 Å². The molecule has 0 fully saturated rings. The molecule has 0 radical (unpaired) electrons. The number of ether oxygens (including phenoxy) is 2. The summed E-state index contributed by atoms with van der Waals surface area (Å²) in [6.07, 6.45) is 1.60. The average molecular weight is 326 g/mol. The molecule has 0 aliphatic carbocycles. The third-order valence-electron chi connectivity index (χ3n) is 3.54. The number of carbonyl (C=O) groups excluding carboxylic acids is 1. The van der Waals surface area contributed by atoms with Crippen molar-refractivity contribution in [3.05, 3.63) is 65.1 Å². The van der Waals surface area contributed by atoms with Gasteiger partial charge in [-0.1, -0.05) is 18.2 Å². The number of benzene rings is 2. The fourth-order valence-corrected chi connectivity index (χ4v) is 2.35. The second-order valence-electron chi connectivity index (χ2n) is 5.04. The molecule has 0 aromatic heterocycles. The summed E-state index contributed by atoms with van der Waals surface area (Å²) in [5, 5.41) is 2.58. The summed E-state index contributed by atoms with van der Waals surface area (Å²) in [5.41, 5.74) is 1.17. The van der Waals surface area contributed by atoms with Gasteiger partial charge in [-0.15, -0.1) is 0 Å². The number of aliphatic imine (C=N–C) groups is 1. The number of methoxy groups -OCH3 is 2. The van der Waals surface area contributed by atoms with Crippen LogP contribution >= 0.6 is 0 Å². The second-order valence-corrected chi connectivity index (χ2v) is 5.04. The molecule has 0 bridgehead atoms. The molecule has 0 saturated carbocycles. The lowest BCUT2D eigenvalue weighted by Crippen LogP contribution is -2.25. The van der Waals surface area contributed by atoms with Crippen molar-refractivity contribution in [1.82, 2.24) is 5.32 Å². The summed E-state index contributed by atoms with van der Waals surface area (Å²) in [4.78, 5) is 16.3. The Hall–Kier alpha value is -3.15. The van der Waals surface area contributed by atoms with Gasteiger partial charge in [0.15, 0.2) is 11.5 Å². The largest absolute Gasteiger partial charge is 0.493 e. The summed E-state index contributed by atoms with van der Waals surface area (Å²) in [6, 6.07) is 11.4. The number of carbonyl (C=O) groups is 1. The minimum absolute atomic E-state index is 0.195. The van der Waals surface area contributed by atoms with Gasteiger partial charge in [0.05, 0.1) is 19.8 Å². The van der Waals surface area contributed by atoms with Crippen LogP contribution in [0.2, 0.25) is 0 Å². The number of halogens is 1. The molecular weight excluding hydrogens is 311 g/mol. The maximum absolute atomic E-state index is 13.8. The summed E-state index contributed by atoms with van der Waals surface area (Å²) in [5.74, 6) is 0.506. The third-order valence-corrected chi connectivity index (χ3v) is 3.54. The first kappa shape index (κ1) is 15.7. The van der Waals surface area contributed by atoms with Crippen LogP contribution in [0.5, 0.6) is 11.5 Å². The predicted octanol–water partition coefficient (Wildman–Crippen LogP) is 2.76. The molecule has 0 unspecified atom stereocenters. The van der Waals surface area contributed by atoms with Crippen LogP contribution in [0.1, 0.15) is 11.1 Å². The Bertz CT molecular complexity index is 859. The van der Waals surface area contributed by atoms with E-state index in [-0.39, 0.29) is 23.0 Å². The number of rotatable bonds is 4. The van der Waals surface area contributed by atoms with Gasteiger partial charge in [-0.3, -0.25) is 4.79 Å². The normalized spacial score (nSPS) is 15.2. The third kappa shape index (κ3) is 2.99. The molecule has 3 rings (SSSR count). The molecule has 1 N–H and O–H groups in total. The van der Waals surface area contributed by atoms with Crippen LogP contribution in [0.4, 0.5) is 4.39 Å². The van der Waals surface area contributed by atoms with Gasteiger partial charge < -0.3 is 14.8 Å². The Morgan fingerprint density at radius 3 is 2.54 bits per heavy atom. The van der Waals surface area contributed by atoms with E-state index >= 15 is 0 Å². The molecule has 24 heavy (non-hydrogen) atoms. The SMILES string of the molecule is COc1ccc(/C=C2/N=C(c3ccccc3F)NC2=O)cc1OC. The number of nitrogens with zero attached hydrogens (tertiary/aromatic N) is 1. The van der Waals surface area contributed by atoms with Crippen molar-refractivity contribution in [2.45, 2.75) is 0 Å². The highest BCUT2D eigenvalue weighted by molar-refractivity contribution is 6.19. The van der Waals surface area contributed by atoms with Gasteiger partial charge in [0.25, 0.3) is 5.91 Å². The number of amidine groups is 1. The zero-order valence-corrected chi connectivity index (χ0v) is 13.2. The molecule has 1 aliphatic heterocycles. The summed E-state index contributed by atoms with van der Waals surface area (Å²) >= 11 is 0. The van der Waals surface area contributed by atoms with E-state index in [0.717, 1.165) is 5.56 Å². The molecule has 0 spiro atoms. The van der Waals surface area contributed by atoms with Crippen molar-refractivity contribution >= 4 is 17.8 Å². The number of amides is 1. The van der Waals surface area contributed by atoms with Crippen molar-refractivity contribution in [2.24, 2.45) is 4.99 Å². The van der Waals surface area contributed by atoms with Crippen LogP contribution in [-0.2, 0) is 4.79 Å². The van der Waals surface area contributed by atoms with Crippen molar-refractivity contribution in [3.63, 3.8) is 0 Å². The van der Waals surface area contributed by atoms with Crippen LogP contribution in [0, 0.1) is 5.82 Å². The fourth-order valence-electron chi connectivity index (χ4n) is 2.35. The molecule has 5 nitrogen and oxygen atoms in total. The minimum atomic E-state index is -0.441. The molecule has 1 amide bonds. The molecule has 2 aromatic carbocycles. The van der Waals surface area contributed by atoms with E-state index in [2.05, 4.69) is 10.3 Å². The highest BCUT2D eigenvalue weighted by Gasteiger charge is 2.23. The second kappa shape index (κ2) is 6.54. The van der Waals surface area contributed by atoms with Crippen LogP contribution in [0.3, 0.4) is 0 Å². The quantitative estimate of drug-likeness (QED) is 0.879. The van der Waals surface area contributed by atoms with Gasteiger partial charge in [-0.05, 0) is 35.9 Å². The van der Waals surface area contributed by atoms with Crippen molar-refractivity contribution in [1.29, 1.82) is 0 Å². The molecular formula is C18H15FN2O3. The van der Waals surface area contributed by atoms with E-state index in [1.54, 1.807) is 49.6 Å². The Kier molecular flexibility index (Phi) is 4.29. The standard InChI is InChI=1S/C18H15FN2O3/c1-23-15-8-7-11(10-16(15)24-2)9-14-18(22)21-17(20-14)12-5-3-4-6-13(12)19/h3-10H,1-2H3,(H,20,21,22)/b14-9+. The Balaban J connectivity index is 1.96. The molecule has 2 aromatic rings. The maximum Gasteiger partial charge on any atom is 0.275 e. The number of hydrogen-bond acceptors (Lipinski definition) is 4. The van der Waals surface area contributed by atoms with Crippen molar-refractivity contribution < 1.29 is 18.7 Å². The highest BCUT2D eigenvalue weighted by atomic mass is 19.1.